The van der Waals surface area contributed by atoms with Crippen LogP contribution in [-0.2, 0) is 9.59 Å². The minimum absolute atomic E-state index is 0.120. The molecular formula is C16H18BrN3O3. The molecule has 1 aromatic carbocycles. The van der Waals surface area contributed by atoms with Gasteiger partial charge in [0.25, 0.3) is 0 Å². The molecule has 1 aromatic heterocycles. The summed E-state index contributed by atoms with van der Waals surface area (Å²) in [6.45, 7) is 5.48. The first-order chi connectivity index (χ1) is 10.9. The van der Waals surface area contributed by atoms with E-state index < -0.39 is 0 Å². The number of amides is 2. The number of halogens is 1. The monoisotopic (exact) mass is 379 g/mol. The Morgan fingerprint density at radius 2 is 2.04 bits per heavy atom. The van der Waals surface area contributed by atoms with Gasteiger partial charge in [0.15, 0.2) is 5.82 Å². The standard InChI is InChI=1S/C16H18BrN3O3/c1-10-4-5-13(9-14(10)17)20(12(3)21)7-6-16(22)18-15-8-11(2)23-19-15/h4-5,8-9H,6-7H2,1-3H3,(H,18,19,22). The molecule has 0 aliphatic heterocycles. The predicted octanol–water partition coefficient (Wildman–Crippen LogP) is 3.44. The maximum atomic E-state index is 12.0. The molecule has 0 fully saturated rings. The van der Waals surface area contributed by atoms with Crippen molar-refractivity contribution in [3.8, 4) is 0 Å². The van der Waals surface area contributed by atoms with Crippen molar-refractivity contribution in [2.45, 2.75) is 27.2 Å². The van der Waals surface area contributed by atoms with Crippen LogP contribution >= 0.6 is 15.9 Å². The normalized spacial score (nSPS) is 10.4. The fraction of sp³-hybridized carbons (Fsp3) is 0.312. The summed E-state index contributed by atoms with van der Waals surface area (Å²) in [5, 5.41) is 6.34. The number of aryl methyl sites for hydroxylation is 2. The van der Waals surface area contributed by atoms with E-state index in [2.05, 4.69) is 26.4 Å². The van der Waals surface area contributed by atoms with Crippen molar-refractivity contribution < 1.29 is 14.1 Å². The zero-order valence-electron chi connectivity index (χ0n) is 13.2. The number of carbonyl (C=O) groups is 2. The van der Waals surface area contributed by atoms with Crippen LogP contribution in [-0.4, -0.2) is 23.5 Å². The molecule has 122 valence electrons. The van der Waals surface area contributed by atoms with Gasteiger partial charge in [-0.1, -0.05) is 27.2 Å². The summed E-state index contributed by atoms with van der Waals surface area (Å²) < 4.78 is 5.81. The van der Waals surface area contributed by atoms with Gasteiger partial charge in [0.1, 0.15) is 5.76 Å². The Bertz CT molecular complexity index is 727. The van der Waals surface area contributed by atoms with Crippen molar-refractivity contribution in [3.05, 3.63) is 40.1 Å². The van der Waals surface area contributed by atoms with E-state index in [1.54, 1.807) is 17.9 Å². The Hall–Kier alpha value is -2.15. The van der Waals surface area contributed by atoms with Crippen LogP contribution < -0.4 is 10.2 Å². The van der Waals surface area contributed by atoms with Crippen LogP contribution in [0.1, 0.15) is 24.7 Å². The fourth-order valence-corrected chi connectivity index (χ4v) is 2.43. The van der Waals surface area contributed by atoms with Crippen molar-refractivity contribution in [1.82, 2.24) is 5.16 Å². The summed E-state index contributed by atoms with van der Waals surface area (Å²) in [5.74, 6) is 0.650. The number of carbonyl (C=O) groups excluding carboxylic acids is 2. The third kappa shape index (κ3) is 4.66. The van der Waals surface area contributed by atoms with Gasteiger partial charge in [-0.2, -0.15) is 0 Å². The fourth-order valence-electron chi connectivity index (χ4n) is 2.06. The van der Waals surface area contributed by atoms with E-state index in [4.69, 9.17) is 4.52 Å². The summed E-state index contributed by atoms with van der Waals surface area (Å²) in [7, 11) is 0. The maximum absolute atomic E-state index is 12.0. The van der Waals surface area contributed by atoms with Gasteiger partial charge in [0, 0.05) is 36.1 Å². The van der Waals surface area contributed by atoms with Crippen LogP contribution in [0.2, 0.25) is 0 Å². The lowest BCUT2D eigenvalue weighted by Crippen LogP contribution is -2.32. The summed E-state index contributed by atoms with van der Waals surface area (Å²) in [5.41, 5.74) is 1.83. The third-order valence-electron chi connectivity index (χ3n) is 3.31. The van der Waals surface area contributed by atoms with Crippen LogP contribution in [0.25, 0.3) is 0 Å². The molecule has 0 saturated heterocycles. The van der Waals surface area contributed by atoms with Crippen LogP contribution in [0.15, 0.2) is 33.3 Å². The number of anilines is 2. The van der Waals surface area contributed by atoms with Gasteiger partial charge in [0.05, 0.1) is 0 Å². The van der Waals surface area contributed by atoms with Crippen molar-refractivity contribution in [2.24, 2.45) is 0 Å². The molecule has 1 N–H and O–H groups in total. The van der Waals surface area contributed by atoms with Gasteiger partial charge >= 0.3 is 0 Å². The topological polar surface area (TPSA) is 75.4 Å². The van der Waals surface area contributed by atoms with E-state index in [0.717, 1.165) is 15.7 Å². The lowest BCUT2D eigenvalue weighted by Gasteiger charge is -2.21. The van der Waals surface area contributed by atoms with E-state index in [0.29, 0.717) is 11.6 Å². The first-order valence-electron chi connectivity index (χ1n) is 7.14. The average Bonchev–Trinajstić information content (AvgIpc) is 2.87. The summed E-state index contributed by atoms with van der Waals surface area (Å²) in [6, 6.07) is 7.29. The second kappa shape index (κ2) is 7.41. The molecular weight excluding hydrogens is 362 g/mol. The maximum Gasteiger partial charge on any atom is 0.227 e. The molecule has 2 amide bonds. The minimum Gasteiger partial charge on any atom is -0.360 e. The molecule has 0 radical (unpaired) electrons. The van der Waals surface area contributed by atoms with Crippen molar-refractivity contribution in [3.63, 3.8) is 0 Å². The second-order valence-electron chi connectivity index (χ2n) is 5.23. The van der Waals surface area contributed by atoms with E-state index in [1.807, 2.05) is 25.1 Å². The molecule has 7 heteroatoms. The predicted molar refractivity (Wildman–Crippen MR) is 91.4 cm³/mol. The highest BCUT2D eigenvalue weighted by Gasteiger charge is 2.15. The van der Waals surface area contributed by atoms with E-state index in [1.165, 1.54) is 6.92 Å². The molecule has 2 aromatic rings. The van der Waals surface area contributed by atoms with E-state index >= 15 is 0 Å². The van der Waals surface area contributed by atoms with Gasteiger partial charge in [-0.15, -0.1) is 0 Å². The highest BCUT2D eigenvalue weighted by molar-refractivity contribution is 9.10. The van der Waals surface area contributed by atoms with Crippen LogP contribution in [0.5, 0.6) is 0 Å². The molecule has 2 rings (SSSR count). The number of nitrogens with zero attached hydrogens (tertiary/aromatic N) is 2. The SMILES string of the molecule is CC(=O)N(CCC(=O)Nc1cc(C)on1)c1ccc(C)c(Br)c1. The Balaban J connectivity index is 2.00. The van der Waals surface area contributed by atoms with Gasteiger partial charge in [-0.25, -0.2) is 0 Å². The Labute approximate surface area is 143 Å². The molecule has 0 unspecified atom stereocenters. The zero-order valence-corrected chi connectivity index (χ0v) is 14.8. The van der Waals surface area contributed by atoms with Crippen LogP contribution in [0.3, 0.4) is 0 Å². The number of hydrogen-bond acceptors (Lipinski definition) is 4. The molecule has 0 bridgehead atoms. The highest BCUT2D eigenvalue weighted by Crippen LogP contribution is 2.24. The molecule has 0 aliphatic carbocycles. The highest BCUT2D eigenvalue weighted by atomic mass is 79.9. The molecule has 0 spiro atoms. The number of nitrogens with one attached hydrogen (secondary N) is 1. The van der Waals surface area contributed by atoms with Crippen LogP contribution in [0.4, 0.5) is 11.5 Å². The molecule has 1 heterocycles. The molecule has 0 saturated carbocycles. The number of aromatic nitrogens is 1. The van der Waals surface area contributed by atoms with Gasteiger partial charge < -0.3 is 14.7 Å². The molecule has 6 nitrogen and oxygen atoms in total. The molecule has 23 heavy (non-hydrogen) atoms. The Morgan fingerprint density at radius 3 is 2.61 bits per heavy atom. The lowest BCUT2D eigenvalue weighted by molar-refractivity contribution is -0.117. The van der Waals surface area contributed by atoms with Crippen LogP contribution in [0, 0.1) is 13.8 Å². The van der Waals surface area contributed by atoms with E-state index in [9.17, 15) is 9.59 Å². The molecule has 0 aliphatic rings. The molecule has 0 atom stereocenters. The number of hydrogen-bond donors (Lipinski definition) is 1. The van der Waals surface area contributed by atoms with Gasteiger partial charge in [0.2, 0.25) is 11.8 Å². The first-order valence-corrected chi connectivity index (χ1v) is 7.93. The van der Waals surface area contributed by atoms with E-state index in [-0.39, 0.29) is 24.8 Å². The largest absolute Gasteiger partial charge is 0.360 e. The Morgan fingerprint density at radius 1 is 1.30 bits per heavy atom. The minimum atomic E-state index is -0.226. The first kappa shape index (κ1) is 17.2. The Kier molecular flexibility index (Phi) is 5.54. The quantitative estimate of drug-likeness (QED) is 0.862. The summed E-state index contributed by atoms with van der Waals surface area (Å²) >= 11 is 3.45. The smallest absolute Gasteiger partial charge is 0.227 e. The van der Waals surface area contributed by atoms with Gasteiger partial charge in [-0.3, -0.25) is 9.59 Å². The summed E-state index contributed by atoms with van der Waals surface area (Å²) in [6.07, 6.45) is 0.164. The van der Waals surface area contributed by atoms with Gasteiger partial charge in [-0.05, 0) is 31.5 Å². The van der Waals surface area contributed by atoms with Crippen molar-refractivity contribution in [1.29, 1.82) is 0 Å². The second-order valence-corrected chi connectivity index (χ2v) is 6.08. The van der Waals surface area contributed by atoms with Crippen molar-refractivity contribution >= 4 is 39.2 Å². The summed E-state index contributed by atoms with van der Waals surface area (Å²) in [4.78, 5) is 25.4. The lowest BCUT2D eigenvalue weighted by atomic mass is 10.2. The number of rotatable bonds is 5. The zero-order chi connectivity index (χ0) is 17.0. The number of benzene rings is 1. The average molecular weight is 380 g/mol. The third-order valence-corrected chi connectivity index (χ3v) is 4.16. The van der Waals surface area contributed by atoms with Crippen molar-refractivity contribution in [2.75, 3.05) is 16.8 Å².